The van der Waals surface area contributed by atoms with Crippen molar-refractivity contribution in [2.75, 3.05) is 25.5 Å². The highest BCUT2D eigenvalue weighted by Gasteiger charge is 2.29. The zero-order valence-corrected chi connectivity index (χ0v) is 14.7. The molecule has 132 valence electrons. The van der Waals surface area contributed by atoms with Crippen LogP contribution in [-0.4, -0.2) is 47.2 Å². The molecule has 1 atom stereocenters. The second kappa shape index (κ2) is 8.07. The zero-order valence-electron chi connectivity index (χ0n) is 14.7. The summed E-state index contributed by atoms with van der Waals surface area (Å²) in [6.45, 7) is 3.34. The lowest BCUT2D eigenvalue weighted by atomic mass is 10.0. The van der Waals surface area contributed by atoms with Gasteiger partial charge in [0.15, 0.2) is 6.10 Å². The van der Waals surface area contributed by atoms with Gasteiger partial charge in [0.05, 0.1) is 5.69 Å². The quantitative estimate of drug-likeness (QED) is 0.906. The first-order chi connectivity index (χ1) is 12.2. The number of likely N-dealkylation sites (tertiary alicyclic amines) is 1. The van der Waals surface area contributed by atoms with Crippen molar-refractivity contribution in [1.82, 2.24) is 15.1 Å². The highest BCUT2D eigenvalue weighted by Crippen LogP contribution is 2.22. The number of aromatic nitrogens is 2. The summed E-state index contributed by atoms with van der Waals surface area (Å²) in [5.41, 5.74) is 1.79. The zero-order chi connectivity index (χ0) is 17.6. The number of methoxy groups -OCH3 is 1. The van der Waals surface area contributed by atoms with Crippen molar-refractivity contribution in [1.29, 1.82) is 0 Å². The van der Waals surface area contributed by atoms with E-state index < -0.39 is 6.10 Å². The molecule has 0 bridgehead atoms. The average Bonchev–Trinajstić information content (AvgIpc) is 2.66. The summed E-state index contributed by atoms with van der Waals surface area (Å²) in [6, 6.07) is 13.8. The monoisotopic (exact) mass is 340 g/mol. The van der Waals surface area contributed by atoms with Crippen molar-refractivity contribution >= 4 is 11.7 Å². The lowest BCUT2D eigenvalue weighted by Gasteiger charge is -2.34. The maximum Gasteiger partial charge on any atom is 0.256 e. The van der Waals surface area contributed by atoms with Crippen LogP contribution < -0.4 is 5.32 Å². The number of hydrogen-bond donors (Lipinski definition) is 1. The van der Waals surface area contributed by atoms with Gasteiger partial charge < -0.3 is 15.0 Å². The van der Waals surface area contributed by atoms with E-state index in [0.717, 1.165) is 29.9 Å². The molecule has 1 aliphatic heterocycles. The molecule has 1 N–H and O–H groups in total. The van der Waals surface area contributed by atoms with Crippen LogP contribution in [0.1, 0.15) is 30.2 Å². The number of amides is 1. The number of ether oxygens (including phenoxy) is 1. The van der Waals surface area contributed by atoms with Crippen LogP contribution in [0.4, 0.5) is 5.82 Å². The molecule has 1 saturated heterocycles. The molecule has 3 rings (SSSR count). The Balaban J connectivity index is 1.56. The molecule has 1 unspecified atom stereocenters. The predicted octanol–water partition coefficient (Wildman–Crippen LogP) is 2.58. The van der Waals surface area contributed by atoms with Crippen LogP contribution in [0.3, 0.4) is 0 Å². The van der Waals surface area contributed by atoms with Crippen LogP contribution in [0, 0.1) is 6.92 Å². The Hall–Kier alpha value is -2.47. The van der Waals surface area contributed by atoms with Crippen LogP contribution in [0.25, 0.3) is 0 Å². The second-order valence-electron chi connectivity index (χ2n) is 6.33. The molecular formula is C19H24N4O2. The molecule has 0 spiro atoms. The molecule has 6 nitrogen and oxygen atoms in total. The number of benzene rings is 1. The van der Waals surface area contributed by atoms with Gasteiger partial charge in [0.2, 0.25) is 0 Å². The van der Waals surface area contributed by atoms with Crippen molar-refractivity contribution in [2.24, 2.45) is 0 Å². The van der Waals surface area contributed by atoms with Crippen LogP contribution in [0.15, 0.2) is 42.5 Å². The lowest BCUT2D eigenvalue weighted by Crippen LogP contribution is -2.44. The number of carbonyl (C=O) groups is 1. The fraction of sp³-hybridized carbons (Fsp3) is 0.421. The molecule has 1 amide bonds. The summed E-state index contributed by atoms with van der Waals surface area (Å²) in [4.78, 5) is 14.7. The molecule has 1 aliphatic rings. The molecular weight excluding hydrogens is 316 g/mol. The Morgan fingerprint density at radius 1 is 1.16 bits per heavy atom. The van der Waals surface area contributed by atoms with Crippen molar-refractivity contribution in [3.05, 3.63) is 53.7 Å². The number of carbonyl (C=O) groups excluding carboxylic acids is 1. The largest absolute Gasteiger partial charge is 0.367 e. The summed E-state index contributed by atoms with van der Waals surface area (Å²) in [5.74, 6) is 0.816. The number of anilines is 1. The maximum atomic E-state index is 12.8. The second-order valence-corrected chi connectivity index (χ2v) is 6.33. The van der Waals surface area contributed by atoms with E-state index in [1.165, 1.54) is 0 Å². The Bertz CT molecular complexity index is 682. The van der Waals surface area contributed by atoms with E-state index in [0.29, 0.717) is 19.1 Å². The third-order valence-corrected chi connectivity index (χ3v) is 4.52. The van der Waals surface area contributed by atoms with Crippen molar-refractivity contribution in [3.8, 4) is 0 Å². The Labute approximate surface area is 148 Å². The SMILES string of the molecule is COC(C(=O)N1CCC(Nc2ccc(C)nn2)CC1)c1ccccc1. The lowest BCUT2D eigenvalue weighted by molar-refractivity contribution is -0.143. The van der Waals surface area contributed by atoms with Gasteiger partial charge in [-0.15, -0.1) is 5.10 Å². The molecule has 0 radical (unpaired) electrons. The van der Waals surface area contributed by atoms with E-state index in [4.69, 9.17) is 4.74 Å². The minimum atomic E-state index is -0.534. The van der Waals surface area contributed by atoms with Crippen LogP contribution in [0.2, 0.25) is 0 Å². The smallest absolute Gasteiger partial charge is 0.256 e. The Morgan fingerprint density at radius 3 is 2.48 bits per heavy atom. The number of rotatable bonds is 5. The highest BCUT2D eigenvalue weighted by molar-refractivity contribution is 5.82. The van der Waals surface area contributed by atoms with Gasteiger partial charge in [-0.2, -0.15) is 5.10 Å². The number of nitrogens with one attached hydrogen (secondary N) is 1. The minimum Gasteiger partial charge on any atom is -0.367 e. The minimum absolute atomic E-state index is 0.0299. The molecule has 0 aliphatic carbocycles. The first-order valence-electron chi connectivity index (χ1n) is 8.61. The van der Waals surface area contributed by atoms with Gasteiger partial charge in [-0.1, -0.05) is 30.3 Å². The molecule has 0 saturated carbocycles. The van der Waals surface area contributed by atoms with E-state index >= 15 is 0 Å². The fourth-order valence-corrected chi connectivity index (χ4v) is 3.10. The van der Waals surface area contributed by atoms with E-state index in [1.54, 1.807) is 7.11 Å². The van der Waals surface area contributed by atoms with Gasteiger partial charge in [-0.25, -0.2) is 0 Å². The summed E-state index contributed by atoms with van der Waals surface area (Å²) in [7, 11) is 1.58. The molecule has 6 heteroatoms. The standard InChI is InChI=1S/C19H24N4O2/c1-14-8-9-17(22-21-14)20-16-10-12-23(13-11-16)19(24)18(25-2)15-6-4-3-5-7-15/h3-9,16,18H,10-13H2,1-2H3,(H,20,22). The third-order valence-electron chi connectivity index (χ3n) is 4.52. The molecule has 2 aromatic rings. The highest BCUT2D eigenvalue weighted by atomic mass is 16.5. The average molecular weight is 340 g/mol. The van der Waals surface area contributed by atoms with Crippen LogP contribution >= 0.6 is 0 Å². The van der Waals surface area contributed by atoms with Gasteiger partial charge in [0, 0.05) is 26.2 Å². The van der Waals surface area contributed by atoms with E-state index in [-0.39, 0.29) is 5.91 Å². The Morgan fingerprint density at radius 2 is 1.88 bits per heavy atom. The van der Waals surface area contributed by atoms with Crippen molar-refractivity contribution in [3.63, 3.8) is 0 Å². The normalized spacial score (nSPS) is 16.5. The van der Waals surface area contributed by atoms with Gasteiger partial charge in [-0.3, -0.25) is 4.79 Å². The molecule has 2 heterocycles. The molecule has 1 aromatic carbocycles. The van der Waals surface area contributed by atoms with Crippen LogP contribution in [0.5, 0.6) is 0 Å². The van der Waals surface area contributed by atoms with Crippen molar-refractivity contribution in [2.45, 2.75) is 31.9 Å². The molecule has 1 aromatic heterocycles. The summed E-state index contributed by atoms with van der Waals surface area (Å²) >= 11 is 0. The fourth-order valence-electron chi connectivity index (χ4n) is 3.10. The first-order valence-corrected chi connectivity index (χ1v) is 8.61. The molecule has 1 fully saturated rings. The summed E-state index contributed by atoms with van der Waals surface area (Å²) in [6.07, 6.45) is 1.23. The van der Waals surface area contributed by atoms with Gasteiger partial charge in [0.25, 0.3) is 5.91 Å². The van der Waals surface area contributed by atoms with Gasteiger partial charge in [-0.05, 0) is 37.5 Å². The van der Waals surface area contributed by atoms with Crippen LogP contribution in [-0.2, 0) is 9.53 Å². The maximum absolute atomic E-state index is 12.8. The van der Waals surface area contributed by atoms with E-state index in [2.05, 4.69) is 15.5 Å². The number of aryl methyl sites for hydroxylation is 1. The summed E-state index contributed by atoms with van der Waals surface area (Å²) in [5, 5.41) is 11.6. The van der Waals surface area contributed by atoms with Gasteiger partial charge in [0.1, 0.15) is 5.82 Å². The van der Waals surface area contributed by atoms with E-state index in [9.17, 15) is 4.79 Å². The summed E-state index contributed by atoms with van der Waals surface area (Å²) < 4.78 is 5.46. The topological polar surface area (TPSA) is 67.3 Å². The first kappa shape index (κ1) is 17.4. The van der Waals surface area contributed by atoms with Crippen molar-refractivity contribution < 1.29 is 9.53 Å². The number of piperidine rings is 1. The van der Waals surface area contributed by atoms with E-state index in [1.807, 2.05) is 54.3 Å². The number of nitrogens with zero attached hydrogens (tertiary/aromatic N) is 3. The van der Waals surface area contributed by atoms with Gasteiger partial charge >= 0.3 is 0 Å². The molecule has 25 heavy (non-hydrogen) atoms. The predicted molar refractivity (Wildman–Crippen MR) is 96.2 cm³/mol. The third kappa shape index (κ3) is 4.33. The number of hydrogen-bond acceptors (Lipinski definition) is 5. The Kier molecular flexibility index (Phi) is 5.60.